The van der Waals surface area contributed by atoms with E-state index < -0.39 is 0 Å². The molecule has 0 aliphatic heterocycles. The molecule has 1 aromatic heterocycles. The summed E-state index contributed by atoms with van der Waals surface area (Å²) in [5.74, 6) is 0.657. The summed E-state index contributed by atoms with van der Waals surface area (Å²) in [7, 11) is 1.48. The summed E-state index contributed by atoms with van der Waals surface area (Å²) in [5.41, 5.74) is 2.01. The third-order valence-electron chi connectivity index (χ3n) is 2.96. The van der Waals surface area contributed by atoms with E-state index in [0.717, 1.165) is 11.2 Å². The molecule has 0 spiro atoms. The Balaban J connectivity index is 2.20. The second kappa shape index (κ2) is 2.99. The SMILES string of the molecule is COc1ccc2[nH]c(C3CC3)cc2c1F. The molecular weight excluding hydrogens is 193 g/mol. The second-order valence-electron chi connectivity index (χ2n) is 4.04. The van der Waals surface area contributed by atoms with Crippen LogP contribution in [-0.4, -0.2) is 12.1 Å². The number of nitrogens with one attached hydrogen (secondary N) is 1. The summed E-state index contributed by atoms with van der Waals surface area (Å²) in [4.78, 5) is 3.25. The number of aromatic nitrogens is 1. The fourth-order valence-electron chi connectivity index (χ4n) is 1.94. The molecule has 0 amide bonds. The summed E-state index contributed by atoms with van der Waals surface area (Å²) in [5, 5.41) is 0.635. The van der Waals surface area contributed by atoms with E-state index in [1.54, 1.807) is 6.07 Å². The number of methoxy groups -OCH3 is 1. The van der Waals surface area contributed by atoms with E-state index in [9.17, 15) is 4.39 Å². The molecular formula is C12H12FNO. The topological polar surface area (TPSA) is 25.0 Å². The first kappa shape index (κ1) is 8.77. The minimum absolute atomic E-state index is 0.266. The van der Waals surface area contributed by atoms with Gasteiger partial charge >= 0.3 is 0 Å². The van der Waals surface area contributed by atoms with E-state index in [4.69, 9.17) is 4.74 Å². The number of aromatic amines is 1. The molecule has 1 heterocycles. The lowest BCUT2D eigenvalue weighted by molar-refractivity contribution is 0.389. The number of H-pyrrole nitrogens is 1. The maximum atomic E-state index is 13.8. The Morgan fingerprint density at radius 1 is 1.40 bits per heavy atom. The van der Waals surface area contributed by atoms with Crippen molar-refractivity contribution in [3.05, 3.63) is 29.7 Å². The van der Waals surface area contributed by atoms with Gasteiger partial charge in [0, 0.05) is 16.6 Å². The van der Waals surface area contributed by atoms with Gasteiger partial charge in [-0.25, -0.2) is 4.39 Å². The van der Waals surface area contributed by atoms with Gasteiger partial charge in [-0.15, -0.1) is 0 Å². The molecule has 1 fully saturated rings. The lowest BCUT2D eigenvalue weighted by atomic mass is 10.2. The fraction of sp³-hybridized carbons (Fsp3) is 0.333. The van der Waals surface area contributed by atoms with Crippen molar-refractivity contribution in [3.8, 4) is 5.75 Å². The Morgan fingerprint density at radius 3 is 2.87 bits per heavy atom. The molecule has 78 valence electrons. The minimum Gasteiger partial charge on any atom is -0.494 e. The molecule has 2 nitrogen and oxygen atoms in total. The number of hydrogen-bond donors (Lipinski definition) is 1. The molecule has 1 saturated carbocycles. The molecule has 0 unspecified atom stereocenters. The molecule has 1 N–H and O–H groups in total. The zero-order valence-electron chi connectivity index (χ0n) is 8.51. The van der Waals surface area contributed by atoms with Gasteiger partial charge in [-0.3, -0.25) is 0 Å². The van der Waals surface area contributed by atoms with E-state index in [1.807, 2.05) is 12.1 Å². The smallest absolute Gasteiger partial charge is 0.174 e. The van der Waals surface area contributed by atoms with Gasteiger partial charge in [0.25, 0.3) is 0 Å². The van der Waals surface area contributed by atoms with Gasteiger partial charge in [-0.1, -0.05) is 0 Å². The van der Waals surface area contributed by atoms with Crippen LogP contribution in [0, 0.1) is 5.82 Å². The van der Waals surface area contributed by atoms with E-state index in [-0.39, 0.29) is 5.82 Å². The van der Waals surface area contributed by atoms with Crippen LogP contribution in [0.25, 0.3) is 10.9 Å². The van der Waals surface area contributed by atoms with Crippen LogP contribution in [0.4, 0.5) is 4.39 Å². The first-order chi connectivity index (χ1) is 7.29. The summed E-state index contributed by atoms with van der Waals surface area (Å²) in [6, 6.07) is 5.43. The van der Waals surface area contributed by atoms with Gasteiger partial charge in [-0.05, 0) is 37.0 Å². The van der Waals surface area contributed by atoms with E-state index in [2.05, 4.69) is 4.98 Å². The van der Waals surface area contributed by atoms with E-state index in [0.29, 0.717) is 17.1 Å². The van der Waals surface area contributed by atoms with Crippen molar-refractivity contribution in [2.45, 2.75) is 18.8 Å². The third kappa shape index (κ3) is 1.30. The van der Waals surface area contributed by atoms with E-state index >= 15 is 0 Å². The van der Waals surface area contributed by atoms with Crippen molar-refractivity contribution < 1.29 is 9.13 Å². The summed E-state index contributed by atoms with van der Waals surface area (Å²) in [6.45, 7) is 0. The van der Waals surface area contributed by atoms with Crippen molar-refractivity contribution in [1.29, 1.82) is 0 Å². The number of ether oxygens (including phenoxy) is 1. The Morgan fingerprint density at radius 2 is 2.20 bits per heavy atom. The zero-order valence-corrected chi connectivity index (χ0v) is 8.51. The van der Waals surface area contributed by atoms with Gasteiger partial charge in [-0.2, -0.15) is 0 Å². The summed E-state index contributed by atoms with van der Waals surface area (Å²) >= 11 is 0. The summed E-state index contributed by atoms with van der Waals surface area (Å²) in [6.07, 6.45) is 2.43. The van der Waals surface area contributed by atoms with Crippen molar-refractivity contribution in [1.82, 2.24) is 4.98 Å². The molecule has 0 bridgehead atoms. The highest BCUT2D eigenvalue weighted by Crippen LogP contribution is 2.41. The summed E-state index contributed by atoms with van der Waals surface area (Å²) < 4.78 is 18.8. The van der Waals surface area contributed by atoms with Gasteiger partial charge in [0.05, 0.1) is 7.11 Å². The van der Waals surface area contributed by atoms with Gasteiger partial charge in [0.15, 0.2) is 11.6 Å². The fourth-order valence-corrected chi connectivity index (χ4v) is 1.94. The highest BCUT2D eigenvalue weighted by Gasteiger charge is 2.25. The molecule has 15 heavy (non-hydrogen) atoms. The Labute approximate surface area is 87.1 Å². The Bertz CT molecular complexity index is 514. The van der Waals surface area contributed by atoms with E-state index in [1.165, 1.54) is 20.0 Å². The van der Waals surface area contributed by atoms with Crippen LogP contribution in [0.15, 0.2) is 18.2 Å². The standard InChI is InChI=1S/C12H12FNO/c1-15-11-5-4-9-8(12(11)13)6-10(14-9)7-2-3-7/h4-7,14H,2-3H2,1H3. The second-order valence-corrected chi connectivity index (χ2v) is 4.04. The molecule has 2 aromatic rings. The largest absolute Gasteiger partial charge is 0.494 e. The predicted molar refractivity (Wildman–Crippen MR) is 56.8 cm³/mol. The first-order valence-electron chi connectivity index (χ1n) is 5.14. The number of halogens is 1. The van der Waals surface area contributed by atoms with Gasteiger partial charge in [0.1, 0.15) is 0 Å². The van der Waals surface area contributed by atoms with Crippen LogP contribution in [-0.2, 0) is 0 Å². The molecule has 0 radical (unpaired) electrons. The molecule has 1 aliphatic rings. The van der Waals surface area contributed by atoms with Crippen LogP contribution in [0.2, 0.25) is 0 Å². The number of fused-ring (bicyclic) bond motifs is 1. The average molecular weight is 205 g/mol. The normalized spacial score (nSPS) is 15.9. The molecule has 1 aromatic carbocycles. The van der Waals surface area contributed by atoms with Crippen molar-refractivity contribution >= 4 is 10.9 Å². The average Bonchev–Trinajstić information content (AvgIpc) is 2.99. The maximum absolute atomic E-state index is 13.8. The molecule has 1 aliphatic carbocycles. The monoisotopic (exact) mass is 205 g/mol. The number of benzene rings is 1. The Hall–Kier alpha value is -1.51. The highest BCUT2D eigenvalue weighted by atomic mass is 19.1. The molecule has 3 heteroatoms. The van der Waals surface area contributed by atoms with Crippen LogP contribution in [0.3, 0.4) is 0 Å². The third-order valence-corrected chi connectivity index (χ3v) is 2.96. The Kier molecular flexibility index (Phi) is 1.75. The van der Waals surface area contributed by atoms with Crippen LogP contribution in [0.1, 0.15) is 24.5 Å². The van der Waals surface area contributed by atoms with Crippen LogP contribution >= 0.6 is 0 Å². The van der Waals surface area contributed by atoms with Crippen molar-refractivity contribution in [3.63, 3.8) is 0 Å². The lowest BCUT2D eigenvalue weighted by Crippen LogP contribution is -1.87. The van der Waals surface area contributed by atoms with Gasteiger partial charge in [0.2, 0.25) is 0 Å². The van der Waals surface area contributed by atoms with Crippen molar-refractivity contribution in [2.75, 3.05) is 7.11 Å². The number of rotatable bonds is 2. The van der Waals surface area contributed by atoms with Gasteiger partial charge < -0.3 is 9.72 Å². The number of hydrogen-bond acceptors (Lipinski definition) is 1. The lowest BCUT2D eigenvalue weighted by Gasteiger charge is -2.00. The maximum Gasteiger partial charge on any atom is 0.174 e. The molecule has 0 atom stereocenters. The predicted octanol–water partition coefficient (Wildman–Crippen LogP) is 3.19. The molecule has 0 saturated heterocycles. The van der Waals surface area contributed by atoms with Crippen molar-refractivity contribution in [2.24, 2.45) is 0 Å². The quantitative estimate of drug-likeness (QED) is 0.800. The van der Waals surface area contributed by atoms with Crippen LogP contribution < -0.4 is 4.74 Å². The zero-order chi connectivity index (χ0) is 10.4. The molecule has 3 rings (SSSR count). The minimum atomic E-state index is -0.266. The first-order valence-corrected chi connectivity index (χ1v) is 5.14. The van der Waals surface area contributed by atoms with Crippen LogP contribution in [0.5, 0.6) is 5.75 Å². The highest BCUT2D eigenvalue weighted by molar-refractivity contribution is 5.83.